The van der Waals surface area contributed by atoms with Crippen molar-refractivity contribution >= 4 is 11.6 Å². The van der Waals surface area contributed by atoms with Crippen molar-refractivity contribution in [2.75, 3.05) is 6.54 Å². The van der Waals surface area contributed by atoms with Crippen LogP contribution in [0.1, 0.15) is 25.5 Å². The highest BCUT2D eigenvalue weighted by atomic mass is 35.5. The van der Waals surface area contributed by atoms with Gasteiger partial charge in [-0.25, -0.2) is 8.78 Å². The van der Waals surface area contributed by atoms with Crippen LogP contribution >= 0.6 is 11.6 Å². The van der Waals surface area contributed by atoms with Crippen molar-refractivity contribution in [1.82, 2.24) is 5.32 Å². The molecule has 2 nitrogen and oxygen atoms in total. The molecule has 0 aliphatic heterocycles. The summed E-state index contributed by atoms with van der Waals surface area (Å²) in [5.41, 5.74) is 0.673. The molecule has 0 bridgehead atoms. The molecule has 0 saturated carbocycles. The van der Waals surface area contributed by atoms with Crippen LogP contribution in [0.15, 0.2) is 36.4 Å². The van der Waals surface area contributed by atoms with E-state index in [-0.39, 0.29) is 16.9 Å². The van der Waals surface area contributed by atoms with E-state index in [2.05, 4.69) is 5.32 Å². The van der Waals surface area contributed by atoms with Crippen LogP contribution in [0.2, 0.25) is 5.02 Å². The lowest BCUT2D eigenvalue weighted by molar-refractivity contribution is 0.455. The quantitative estimate of drug-likeness (QED) is 0.831. The molecule has 1 atom stereocenters. The highest BCUT2D eigenvalue weighted by Crippen LogP contribution is 2.31. The SMILES string of the molecule is CCNC(C)c1cc(F)ccc1Oc1ccc(Cl)c(F)c1. The molecule has 0 heterocycles. The van der Waals surface area contributed by atoms with Crippen molar-refractivity contribution in [3.05, 3.63) is 58.6 Å². The first-order valence-corrected chi connectivity index (χ1v) is 7.04. The molecule has 2 aromatic carbocycles. The zero-order valence-electron chi connectivity index (χ0n) is 11.8. The first-order valence-electron chi connectivity index (χ1n) is 6.67. The Morgan fingerprint density at radius 3 is 2.62 bits per heavy atom. The predicted molar refractivity (Wildman–Crippen MR) is 80.0 cm³/mol. The van der Waals surface area contributed by atoms with E-state index < -0.39 is 5.82 Å². The zero-order chi connectivity index (χ0) is 15.4. The molecule has 0 aliphatic carbocycles. The van der Waals surface area contributed by atoms with Gasteiger partial charge in [-0.05, 0) is 43.8 Å². The third-order valence-electron chi connectivity index (χ3n) is 3.07. The fourth-order valence-electron chi connectivity index (χ4n) is 2.03. The number of halogens is 3. The molecule has 112 valence electrons. The molecule has 1 unspecified atom stereocenters. The third-order valence-corrected chi connectivity index (χ3v) is 3.37. The summed E-state index contributed by atoms with van der Waals surface area (Å²) in [7, 11) is 0. The molecule has 0 aliphatic rings. The largest absolute Gasteiger partial charge is 0.457 e. The zero-order valence-corrected chi connectivity index (χ0v) is 12.5. The summed E-state index contributed by atoms with van der Waals surface area (Å²) in [4.78, 5) is 0. The Balaban J connectivity index is 2.32. The minimum Gasteiger partial charge on any atom is -0.457 e. The summed E-state index contributed by atoms with van der Waals surface area (Å²) < 4.78 is 32.5. The van der Waals surface area contributed by atoms with Crippen LogP contribution in [0, 0.1) is 11.6 Å². The molecule has 5 heteroatoms. The summed E-state index contributed by atoms with van der Waals surface area (Å²) in [6.45, 7) is 4.62. The fourth-order valence-corrected chi connectivity index (χ4v) is 2.15. The second-order valence-corrected chi connectivity index (χ2v) is 5.05. The lowest BCUT2D eigenvalue weighted by Gasteiger charge is -2.17. The lowest BCUT2D eigenvalue weighted by atomic mass is 10.1. The van der Waals surface area contributed by atoms with Gasteiger partial charge in [0, 0.05) is 17.7 Å². The summed E-state index contributed by atoms with van der Waals surface area (Å²) >= 11 is 5.64. The van der Waals surface area contributed by atoms with Crippen LogP contribution < -0.4 is 10.1 Å². The topological polar surface area (TPSA) is 21.3 Å². The molecular formula is C16H16ClF2NO. The fraction of sp³-hybridized carbons (Fsp3) is 0.250. The van der Waals surface area contributed by atoms with Crippen LogP contribution in [-0.2, 0) is 0 Å². The van der Waals surface area contributed by atoms with Gasteiger partial charge in [-0.15, -0.1) is 0 Å². The van der Waals surface area contributed by atoms with Gasteiger partial charge in [0.2, 0.25) is 0 Å². The maximum atomic E-state index is 13.4. The second-order valence-electron chi connectivity index (χ2n) is 4.64. The van der Waals surface area contributed by atoms with Gasteiger partial charge in [0.15, 0.2) is 0 Å². The lowest BCUT2D eigenvalue weighted by Crippen LogP contribution is -2.18. The molecule has 0 fully saturated rings. The molecule has 2 aromatic rings. The van der Waals surface area contributed by atoms with Gasteiger partial charge in [-0.1, -0.05) is 18.5 Å². The minimum atomic E-state index is -0.558. The van der Waals surface area contributed by atoms with Gasteiger partial charge in [-0.2, -0.15) is 0 Å². The van der Waals surface area contributed by atoms with Crippen molar-refractivity contribution < 1.29 is 13.5 Å². The molecule has 0 saturated heterocycles. The number of benzene rings is 2. The van der Waals surface area contributed by atoms with Gasteiger partial charge in [0.25, 0.3) is 0 Å². The first kappa shape index (κ1) is 15.7. The summed E-state index contributed by atoms with van der Waals surface area (Å²) in [5, 5.41) is 3.22. The van der Waals surface area contributed by atoms with E-state index in [1.807, 2.05) is 13.8 Å². The van der Waals surface area contributed by atoms with Gasteiger partial charge >= 0.3 is 0 Å². The minimum absolute atomic E-state index is 0.0303. The van der Waals surface area contributed by atoms with Crippen LogP contribution in [0.5, 0.6) is 11.5 Å². The average Bonchev–Trinajstić information content (AvgIpc) is 2.45. The smallest absolute Gasteiger partial charge is 0.145 e. The highest BCUT2D eigenvalue weighted by Gasteiger charge is 2.13. The monoisotopic (exact) mass is 311 g/mol. The van der Waals surface area contributed by atoms with E-state index >= 15 is 0 Å². The van der Waals surface area contributed by atoms with Crippen molar-refractivity contribution in [1.29, 1.82) is 0 Å². The first-order chi connectivity index (χ1) is 10.0. The molecule has 0 amide bonds. The molecule has 1 N–H and O–H groups in total. The maximum absolute atomic E-state index is 13.4. The van der Waals surface area contributed by atoms with Gasteiger partial charge < -0.3 is 10.1 Å². The van der Waals surface area contributed by atoms with E-state index in [0.717, 1.165) is 6.54 Å². The normalized spacial score (nSPS) is 12.2. The Morgan fingerprint density at radius 1 is 1.19 bits per heavy atom. The molecule has 2 rings (SSSR count). The number of nitrogens with one attached hydrogen (secondary N) is 1. The Kier molecular flexibility index (Phi) is 5.15. The van der Waals surface area contributed by atoms with Gasteiger partial charge in [-0.3, -0.25) is 0 Å². The third kappa shape index (κ3) is 3.93. The van der Waals surface area contributed by atoms with Crippen LogP contribution in [0.25, 0.3) is 0 Å². The molecule has 0 radical (unpaired) electrons. The van der Waals surface area contributed by atoms with E-state index in [1.54, 1.807) is 6.07 Å². The van der Waals surface area contributed by atoms with E-state index in [9.17, 15) is 8.78 Å². The van der Waals surface area contributed by atoms with E-state index in [4.69, 9.17) is 16.3 Å². The van der Waals surface area contributed by atoms with Crippen molar-refractivity contribution in [2.45, 2.75) is 19.9 Å². The standard InChI is InChI=1S/C16H16ClF2NO/c1-3-20-10(2)13-8-11(18)4-7-16(13)21-12-5-6-14(17)15(19)9-12/h4-10,20H,3H2,1-2H3. The Hall–Kier alpha value is -1.65. The molecule has 0 aromatic heterocycles. The number of ether oxygens (including phenoxy) is 1. The number of rotatable bonds is 5. The summed E-state index contributed by atoms with van der Waals surface area (Å²) in [5.74, 6) is -0.109. The maximum Gasteiger partial charge on any atom is 0.145 e. The predicted octanol–water partition coefficient (Wildman–Crippen LogP) is 5.08. The van der Waals surface area contributed by atoms with Crippen molar-refractivity contribution in [3.8, 4) is 11.5 Å². The Labute approximate surface area is 127 Å². The van der Waals surface area contributed by atoms with Crippen LogP contribution in [-0.4, -0.2) is 6.54 Å². The Morgan fingerprint density at radius 2 is 1.95 bits per heavy atom. The van der Waals surface area contributed by atoms with Gasteiger partial charge in [0.1, 0.15) is 23.1 Å². The van der Waals surface area contributed by atoms with E-state index in [1.165, 1.54) is 30.3 Å². The Bertz CT molecular complexity index is 634. The average molecular weight is 312 g/mol. The van der Waals surface area contributed by atoms with Crippen molar-refractivity contribution in [2.24, 2.45) is 0 Å². The second kappa shape index (κ2) is 6.87. The van der Waals surface area contributed by atoms with Gasteiger partial charge in [0.05, 0.1) is 5.02 Å². The van der Waals surface area contributed by atoms with Crippen molar-refractivity contribution in [3.63, 3.8) is 0 Å². The molecule has 21 heavy (non-hydrogen) atoms. The summed E-state index contributed by atoms with van der Waals surface area (Å²) in [6.07, 6.45) is 0. The molecule has 0 spiro atoms. The van der Waals surface area contributed by atoms with Crippen LogP contribution in [0.4, 0.5) is 8.78 Å². The van der Waals surface area contributed by atoms with Crippen LogP contribution in [0.3, 0.4) is 0 Å². The number of hydrogen-bond acceptors (Lipinski definition) is 2. The highest BCUT2D eigenvalue weighted by molar-refractivity contribution is 6.30. The van der Waals surface area contributed by atoms with E-state index in [0.29, 0.717) is 17.1 Å². The summed E-state index contributed by atoms with van der Waals surface area (Å²) in [6, 6.07) is 8.36. The number of hydrogen-bond donors (Lipinski definition) is 1. The molecular weight excluding hydrogens is 296 g/mol.